The van der Waals surface area contributed by atoms with Crippen LogP contribution in [0.2, 0.25) is 0 Å². The van der Waals surface area contributed by atoms with Crippen molar-refractivity contribution in [3.63, 3.8) is 0 Å². The molecule has 2 rings (SSSR count). The molecule has 0 radical (unpaired) electrons. The molecule has 2 aromatic carbocycles. The third kappa shape index (κ3) is 4.84. The van der Waals surface area contributed by atoms with E-state index in [4.69, 9.17) is 15.2 Å². The van der Waals surface area contributed by atoms with Gasteiger partial charge in [0, 0.05) is 29.6 Å². The summed E-state index contributed by atoms with van der Waals surface area (Å²) < 4.78 is 23.7. The number of hydrogen-bond acceptors (Lipinski definition) is 5. The van der Waals surface area contributed by atoms with Crippen LogP contribution in [0.25, 0.3) is 0 Å². The van der Waals surface area contributed by atoms with Crippen LogP contribution in [0.4, 0.5) is 15.8 Å². The first-order valence-corrected chi connectivity index (χ1v) is 7.29. The Kier molecular flexibility index (Phi) is 5.78. The first-order chi connectivity index (χ1) is 11.9. The number of benzene rings is 2. The molecule has 0 spiro atoms. The molecule has 132 valence electrons. The maximum atomic E-state index is 13.4. The summed E-state index contributed by atoms with van der Waals surface area (Å²) in [5.74, 6) is -0.875. The van der Waals surface area contributed by atoms with Crippen molar-refractivity contribution in [2.45, 2.75) is 0 Å². The molecular formula is C17H18FN3O4. The van der Waals surface area contributed by atoms with E-state index in [1.54, 1.807) is 18.2 Å². The molecule has 0 saturated heterocycles. The van der Waals surface area contributed by atoms with E-state index in [1.807, 2.05) is 0 Å². The van der Waals surface area contributed by atoms with Crippen LogP contribution in [0.3, 0.4) is 0 Å². The fraction of sp³-hybridized carbons (Fsp3) is 0.176. The quantitative estimate of drug-likeness (QED) is 0.711. The number of nitrogens with one attached hydrogen (secondary N) is 2. The van der Waals surface area contributed by atoms with Gasteiger partial charge in [-0.1, -0.05) is 0 Å². The van der Waals surface area contributed by atoms with Gasteiger partial charge < -0.3 is 25.8 Å². The Morgan fingerprint density at radius 3 is 2.24 bits per heavy atom. The summed E-state index contributed by atoms with van der Waals surface area (Å²) in [6.07, 6.45) is 0. The molecule has 0 aliphatic carbocycles. The monoisotopic (exact) mass is 347 g/mol. The van der Waals surface area contributed by atoms with Crippen molar-refractivity contribution in [3.8, 4) is 11.5 Å². The molecule has 0 aliphatic rings. The number of methoxy groups -OCH3 is 2. The zero-order chi connectivity index (χ0) is 18.4. The van der Waals surface area contributed by atoms with Gasteiger partial charge in [-0.2, -0.15) is 0 Å². The van der Waals surface area contributed by atoms with Crippen molar-refractivity contribution in [1.82, 2.24) is 0 Å². The fourth-order valence-electron chi connectivity index (χ4n) is 2.09. The number of primary amides is 1. The van der Waals surface area contributed by atoms with E-state index < -0.39 is 11.7 Å². The largest absolute Gasteiger partial charge is 0.497 e. The minimum atomic E-state index is -0.880. The highest BCUT2D eigenvalue weighted by Gasteiger charge is 2.10. The number of hydrogen-bond donors (Lipinski definition) is 3. The molecule has 4 N–H and O–H groups in total. The average molecular weight is 347 g/mol. The Balaban J connectivity index is 2.02. The van der Waals surface area contributed by atoms with E-state index >= 15 is 0 Å². The first-order valence-electron chi connectivity index (χ1n) is 7.29. The predicted molar refractivity (Wildman–Crippen MR) is 91.6 cm³/mol. The predicted octanol–water partition coefficient (Wildman–Crippen LogP) is 1.99. The highest BCUT2D eigenvalue weighted by atomic mass is 19.1. The summed E-state index contributed by atoms with van der Waals surface area (Å²) in [6.45, 7) is -0.0939. The summed E-state index contributed by atoms with van der Waals surface area (Å²) in [5, 5.41) is 5.48. The van der Waals surface area contributed by atoms with Crippen molar-refractivity contribution >= 4 is 23.2 Å². The standard InChI is InChI=1S/C17H18FN3O4/c1-24-12-5-11(6-13(8-12)25-2)21-16(22)9-20-10-3-4-15(18)14(7-10)17(19)23/h3-8,20H,9H2,1-2H3,(H2,19,23)(H,21,22). The maximum Gasteiger partial charge on any atom is 0.251 e. The minimum Gasteiger partial charge on any atom is -0.497 e. The number of ether oxygens (including phenoxy) is 2. The highest BCUT2D eigenvalue weighted by Crippen LogP contribution is 2.25. The van der Waals surface area contributed by atoms with Crippen molar-refractivity contribution in [2.75, 3.05) is 31.4 Å². The van der Waals surface area contributed by atoms with Gasteiger partial charge in [-0.3, -0.25) is 9.59 Å². The van der Waals surface area contributed by atoms with Gasteiger partial charge in [-0.15, -0.1) is 0 Å². The van der Waals surface area contributed by atoms with Gasteiger partial charge in [0.1, 0.15) is 17.3 Å². The number of carbonyl (C=O) groups is 2. The van der Waals surface area contributed by atoms with Gasteiger partial charge in [0.15, 0.2) is 0 Å². The molecule has 0 unspecified atom stereocenters. The van der Waals surface area contributed by atoms with E-state index in [0.717, 1.165) is 6.07 Å². The molecule has 0 aliphatic heterocycles. The number of amides is 2. The van der Waals surface area contributed by atoms with Crippen LogP contribution < -0.4 is 25.8 Å². The van der Waals surface area contributed by atoms with Crippen molar-refractivity contribution in [3.05, 3.63) is 47.8 Å². The lowest BCUT2D eigenvalue weighted by molar-refractivity contribution is -0.114. The van der Waals surface area contributed by atoms with Crippen LogP contribution in [-0.2, 0) is 4.79 Å². The van der Waals surface area contributed by atoms with Crippen LogP contribution in [0, 0.1) is 5.82 Å². The molecule has 0 fully saturated rings. The van der Waals surface area contributed by atoms with E-state index in [1.165, 1.54) is 26.4 Å². The second-order valence-electron chi connectivity index (χ2n) is 5.06. The van der Waals surface area contributed by atoms with Gasteiger partial charge in [-0.05, 0) is 18.2 Å². The second kappa shape index (κ2) is 8.00. The van der Waals surface area contributed by atoms with Gasteiger partial charge in [0.25, 0.3) is 5.91 Å². The van der Waals surface area contributed by atoms with Crippen LogP contribution in [0.15, 0.2) is 36.4 Å². The third-order valence-electron chi connectivity index (χ3n) is 3.32. The minimum absolute atomic E-state index is 0.0939. The lowest BCUT2D eigenvalue weighted by Crippen LogP contribution is -2.22. The fourth-order valence-corrected chi connectivity index (χ4v) is 2.09. The molecular weight excluding hydrogens is 329 g/mol. The van der Waals surface area contributed by atoms with Crippen molar-refractivity contribution in [1.29, 1.82) is 0 Å². The summed E-state index contributed by atoms with van der Waals surface area (Å²) in [4.78, 5) is 23.2. The molecule has 0 atom stereocenters. The molecule has 8 heteroatoms. The molecule has 0 bridgehead atoms. The Hall–Kier alpha value is -3.29. The Bertz CT molecular complexity index is 773. The number of halogens is 1. The van der Waals surface area contributed by atoms with Gasteiger partial charge in [-0.25, -0.2) is 4.39 Å². The van der Waals surface area contributed by atoms with Gasteiger partial charge in [0.05, 0.1) is 26.3 Å². The second-order valence-corrected chi connectivity index (χ2v) is 5.06. The summed E-state index contributed by atoms with van der Waals surface area (Å²) in [6, 6.07) is 8.72. The maximum absolute atomic E-state index is 13.4. The zero-order valence-corrected chi connectivity index (χ0v) is 13.8. The normalized spacial score (nSPS) is 10.0. The van der Waals surface area contributed by atoms with Gasteiger partial charge >= 0.3 is 0 Å². The topological polar surface area (TPSA) is 103 Å². The van der Waals surface area contributed by atoms with Crippen LogP contribution in [-0.4, -0.2) is 32.6 Å². The lowest BCUT2D eigenvalue weighted by atomic mass is 10.2. The molecule has 7 nitrogen and oxygen atoms in total. The van der Waals surface area contributed by atoms with E-state index in [2.05, 4.69) is 10.6 Å². The van der Waals surface area contributed by atoms with Crippen LogP contribution >= 0.6 is 0 Å². The van der Waals surface area contributed by atoms with E-state index in [0.29, 0.717) is 22.9 Å². The SMILES string of the molecule is COc1cc(NC(=O)CNc2ccc(F)c(C(N)=O)c2)cc(OC)c1. The zero-order valence-electron chi connectivity index (χ0n) is 13.8. The number of rotatable bonds is 7. The Morgan fingerprint density at radius 2 is 1.68 bits per heavy atom. The third-order valence-corrected chi connectivity index (χ3v) is 3.32. The molecule has 0 saturated carbocycles. The summed E-state index contributed by atoms with van der Waals surface area (Å²) in [5.41, 5.74) is 5.74. The molecule has 2 amide bonds. The summed E-state index contributed by atoms with van der Waals surface area (Å²) in [7, 11) is 3.01. The van der Waals surface area contributed by atoms with Crippen molar-refractivity contribution < 1.29 is 23.5 Å². The summed E-state index contributed by atoms with van der Waals surface area (Å²) >= 11 is 0. The Morgan fingerprint density at radius 1 is 1.04 bits per heavy atom. The molecule has 2 aromatic rings. The first kappa shape index (κ1) is 18.1. The number of carbonyl (C=O) groups excluding carboxylic acids is 2. The van der Waals surface area contributed by atoms with Crippen LogP contribution in [0.1, 0.15) is 10.4 Å². The average Bonchev–Trinajstić information content (AvgIpc) is 2.60. The molecule has 0 heterocycles. The van der Waals surface area contributed by atoms with E-state index in [-0.39, 0.29) is 18.0 Å². The highest BCUT2D eigenvalue weighted by molar-refractivity contribution is 5.95. The van der Waals surface area contributed by atoms with Gasteiger partial charge in [0.2, 0.25) is 5.91 Å². The Labute approximate surface area is 143 Å². The smallest absolute Gasteiger partial charge is 0.251 e. The van der Waals surface area contributed by atoms with E-state index in [9.17, 15) is 14.0 Å². The van der Waals surface area contributed by atoms with Crippen molar-refractivity contribution in [2.24, 2.45) is 5.73 Å². The molecule has 0 aromatic heterocycles. The number of nitrogens with two attached hydrogens (primary N) is 1. The number of anilines is 2. The molecule has 25 heavy (non-hydrogen) atoms. The lowest BCUT2D eigenvalue weighted by Gasteiger charge is -2.11. The van der Waals surface area contributed by atoms with Crippen LogP contribution in [0.5, 0.6) is 11.5 Å².